The van der Waals surface area contributed by atoms with E-state index in [1.807, 2.05) is 30.3 Å². The van der Waals surface area contributed by atoms with Crippen LogP contribution in [0.25, 0.3) is 0 Å². The van der Waals surface area contributed by atoms with Crippen LogP contribution in [-0.4, -0.2) is 12.5 Å². The van der Waals surface area contributed by atoms with Crippen molar-refractivity contribution in [2.75, 3.05) is 12.5 Å². The van der Waals surface area contributed by atoms with Gasteiger partial charge < -0.3 is 9.47 Å². The molecule has 1 aliphatic rings. The SMILES string of the molecule is ClCC1CCOC1c1ccc(OCc2ccccc2)cc1. The molecule has 110 valence electrons. The summed E-state index contributed by atoms with van der Waals surface area (Å²) >= 11 is 6.00. The molecule has 1 fully saturated rings. The summed E-state index contributed by atoms with van der Waals surface area (Å²) in [6.07, 6.45) is 1.17. The fraction of sp³-hybridized carbons (Fsp3) is 0.333. The minimum atomic E-state index is 0.130. The minimum Gasteiger partial charge on any atom is -0.489 e. The molecule has 0 spiro atoms. The second kappa shape index (κ2) is 6.97. The van der Waals surface area contributed by atoms with Crippen molar-refractivity contribution in [3.05, 3.63) is 65.7 Å². The molecule has 0 radical (unpaired) electrons. The van der Waals surface area contributed by atoms with Gasteiger partial charge >= 0.3 is 0 Å². The molecule has 1 heterocycles. The molecule has 0 amide bonds. The van der Waals surface area contributed by atoms with E-state index in [2.05, 4.69) is 24.3 Å². The van der Waals surface area contributed by atoms with Crippen LogP contribution in [0.1, 0.15) is 23.7 Å². The second-order valence-electron chi connectivity index (χ2n) is 5.34. The van der Waals surface area contributed by atoms with Gasteiger partial charge in [-0.25, -0.2) is 0 Å². The second-order valence-corrected chi connectivity index (χ2v) is 5.65. The van der Waals surface area contributed by atoms with Gasteiger partial charge in [0.2, 0.25) is 0 Å². The highest BCUT2D eigenvalue weighted by Gasteiger charge is 2.28. The van der Waals surface area contributed by atoms with Crippen LogP contribution < -0.4 is 4.74 Å². The van der Waals surface area contributed by atoms with Gasteiger partial charge in [-0.15, -0.1) is 11.6 Å². The lowest BCUT2D eigenvalue weighted by Crippen LogP contribution is -2.08. The number of alkyl halides is 1. The van der Waals surface area contributed by atoms with Gasteiger partial charge in [-0.1, -0.05) is 42.5 Å². The molecule has 3 rings (SSSR count). The van der Waals surface area contributed by atoms with Gasteiger partial charge in [0.25, 0.3) is 0 Å². The van der Waals surface area contributed by atoms with Crippen LogP contribution in [0, 0.1) is 5.92 Å². The van der Waals surface area contributed by atoms with Gasteiger partial charge in [-0.2, -0.15) is 0 Å². The molecule has 2 aromatic carbocycles. The van der Waals surface area contributed by atoms with Crippen LogP contribution in [0.2, 0.25) is 0 Å². The first-order valence-electron chi connectivity index (χ1n) is 7.31. The van der Waals surface area contributed by atoms with Crippen LogP contribution in [-0.2, 0) is 11.3 Å². The summed E-state index contributed by atoms with van der Waals surface area (Å²) < 4.78 is 11.6. The predicted molar refractivity (Wildman–Crippen MR) is 84.7 cm³/mol. The summed E-state index contributed by atoms with van der Waals surface area (Å²) in [4.78, 5) is 0. The average Bonchev–Trinajstić information content (AvgIpc) is 3.03. The van der Waals surface area contributed by atoms with E-state index in [0.29, 0.717) is 18.4 Å². The summed E-state index contributed by atoms with van der Waals surface area (Å²) in [6, 6.07) is 18.3. The fourth-order valence-corrected chi connectivity index (χ4v) is 2.97. The monoisotopic (exact) mass is 302 g/mol. The summed E-state index contributed by atoms with van der Waals surface area (Å²) in [5, 5.41) is 0. The van der Waals surface area contributed by atoms with Gasteiger partial charge in [0.15, 0.2) is 0 Å². The molecule has 0 aliphatic carbocycles. The number of ether oxygens (including phenoxy) is 2. The van der Waals surface area contributed by atoms with Crippen molar-refractivity contribution in [1.82, 2.24) is 0 Å². The van der Waals surface area contributed by atoms with E-state index in [-0.39, 0.29) is 6.10 Å². The van der Waals surface area contributed by atoms with Gasteiger partial charge in [0.05, 0.1) is 6.10 Å². The standard InChI is InChI=1S/C18H19ClO2/c19-12-16-10-11-20-18(16)15-6-8-17(9-7-15)21-13-14-4-2-1-3-5-14/h1-9,16,18H,10-13H2. The third-order valence-electron chi connectivity index (χ3n) is 3.87. The van der Waals surface area contributed by atoms with Gasteiger partial charge in [-0.3, -0.25) is 0 Å². The van der Waals surface area contributed by atoms with Crippen molar-refractivity contribution >= 4 is 11.6 Å². The number of halogens is 1. The van der Waals surface area contributed by atoms with Crippen LogP contribution >= 0.6 is 11.6 Å². The van der Waals surface area contributed by atoms with E-state index in [0.717, 1.165) is 18.8 Å². The molecule has 3 heteroatoms. The van der Waals surface area contributed by atoms with E-state index in [1.54, 1.807) is 0 Å². The molecule has 0 saturated carbocycles. The highest BCUT2D eigenvalue weighted by molar-refractivity contribution is 6.18. The van der Waals surface area contributed by atoms with Gasteiger partial charge in [-0.05, 0) is 29.7 Å². The number of hydrogen-bond donors (Lipinski definition) is 0. The lowest BCUT2D eigenvalue weighted by Gasteiger charge is -2.17. The molecule has 1 saturated heterocycles. The Balaban J connectivity index is 1.61. The molecule has 2 unspecified atom stereocenters. The number of benzene rings is 2. The van der Waals surface area contributed by atoms with Crippen molar-refractivity contribution in [2.24, 2.45) is 5.92 Å². The number of hydrogen-bond acceptors (Lipinski definition) is 2. The zero-order valence-electron chi connectivity index (χ0n) is 11.9. The molecule has 0 N–H and O–H groups in total. The third-order valence-corrected chi connectivity index (χ3v) is 4.27. The third kappa shape index (κ3) is 3.58. The Morgan fingerprint density at radius 1 is 1.05 bits per heavy atom. The highest BCUT2D eigenvalue weighted by Crippen LogP contribution is 2.35. The van der Waals surface area contributed by atoms with Crippen molar-refractivity contribution < 1.29 is 9.47 Å². The lowest BCUT2D eigenvalue weighted by molar-refractivity contribution is 0.0951. The first kappa shape index (κ1) is 14.4. The molecule has 1 aliphatic heterocycles. The average molecular weight is 303 g/mol. The summed E-state index contributed by atoms with van der Waals surface area (Å²) in [6.45, 7) is 1.39. The van der Waals surface area contributed by atoms with E-state index < -0.39 is 0 Å². The minimum absolute atomic E-state index is 0.130. The molecular formula is C18H19ClO2. The maximum Gasteiger partial charge on any atom is 0.119 e. The molecule has 2 nitrogen and oxygen atoms in total. The zero-order valence-corrected chi connectivity index (χ0v) is 12.6. The Morgan fingerprint density at radius 3 is 2.52 bits per heavy atom. The Labute approximate surface area is 130 Å². The topological polar surface area (TPSA) is 18.5 Å². The Kier molecular flexibility index (Phi) is 4.79. The molecular weight excluding hydrogens is 284 g/mol. The maximum absolute atomic E-state index is 6.00. The number of rotatable bonds is 5. The summed E-state index contributed by atoms with van der Waals surface area (Å²) in [5.41, 5.74) is 2.35. The predicted octanol–water partition coefficient (Wildman–Crippen LogP) is 4.58. The first-order chi connectivity index (χ1) is 10.4. The van der Waals surface area contributed by atoms with E-state index in [9.17, 15) is 0 Å². The van der Waals surface area contributed by atoms with Crippen molar-refractivity contribution in [1.29, 1.82) is 0 Å². The summed E-state index contributed by atoms with van der Waals surface area (Å²) in [7, 11) is 0. The molecule has 21 heavy (non-hydrogen) atoms. The normalized spacial score (nSPS) is 21.4. The highest BCUT2D eigenvalue weighted by atomic mass is 35.5. The van der Waals surface area contributed by atoms with Crippen molar-refractivity contribution in [2.45, 2.75) is 19.1 Å². The van der Waals surface area contributed by atoms with Crippen molar-refractivity contribution in [3.8, 4) is 5.75 Å². The van der Waals surface area contributed by atoms with Crippen LogP contribution in [0.15, 0.2) is 54.6 Å². The van der Waals surface area contributed by atoms with Gasteiger partial charge in [0.1, 0.15) is 12.4 Å². The quantitative estimate of drug-likeness (QED) is 0.753. The molecule has 0 bridgehead atoms. The Morgan fingerprint density at radius 2 is 1.81 bits per heavy atom. The van der Waals surface area contributed by atoms with Crippen LogP contribution in [0.5, 0.6) is 5.75 Å². The smallest absolute Gasteiger partial charge is 0.119 e. The Hall–Kier alpha value is -1.51. The van der Waals surface area contributed by atoms with E-state index >= 15 is 0 Å². The maximum atomic E-state index is 6.00. The first-order valence-corrected chi connectivity index (χ1v) is 7.84. The van der Waals surface area contributed by atoms with Crippen LogP contribution in [0.4, 0.5) is 0 Å². The van der Waals surface area contributed by atoms with E-state index in [1.165, 1.54) is 11.1 Å². The van der Waals surface area contributed by atoms with Gasteiger partial charge in [0, 0.05) is 18.4 Å². The van der Waals surface area contributed by atoms with E-state index in [4.69, 9.17) is 21.1 Å². The fourth-order valence-electron chi connectivity index (χ4n) is 2.65. The zero-order chi connectivity index (χ0) is 14.5. The Bertz CT molecular complexity index is 553. The summed E-state index contributed by atoms with van der Waals surface area (Å²) in [5.74, 6) is 1.95. The molecule has 2 atom stereocenters. The molecule has 0 aromatic heterocycles. The largest absolute Gasteiger partial charge is 0.489 e. The lowest BCUT2D eigenvalue weighted by atomic mass is 9.97. The van der Waals surface area contributed by atoms with Crippen LogP contribution in [0.3, 0.4) is 0 Å². The van der Waals surface area contributed by atoms with Crippen molar-refractivity contribution in [3.63, 3.8) is 0 Å². The molecule has 2 aromatic rings.